The van der Waals surface area contributed by atoms with Crippen molar-refractivity contribution in [3.8, 4) is 10.4 Å². The number of thiophene rings is 1. The maximum absolute atomic E-state index is 11.9. The Morgan fingerprint density at radius 1 is 1.04 bits per heavy atom. The van der Waals surface area contributed by atoms with Crippen LogP contribution in [0.5, 0.6) is 0 Å². The molecule has 0 bridgehead atoms. The zero-order valence-electron chi connectivity index (χ0n) is 15.6. The predicted molar refractivity (Wildman–Crippen MR) is 110 cm³/mol. The summed E-state index contributed by atoms with van der Waals surface area (Å²) in [6.45, 7) is 8.19. The molecule has 0 saturated heterocycles. The molecule has 0 unspecified atom stereocenters. The second kappa shape index (κ2) is 5.52. The fraction of sp³-hybridized carbons (Fsp3) is 0.273. The van der Waals surface area contributed by atoms with Crippen molar-refractivity contribution in [3.63, 3.8) is 0 Å². The van der Waals surface area contributed by atoms with Gasteiger partial charge in [-0.2, -0.15) is 0 Å². The molecule has 132 valence electrons. The summed E-state index contributed by atoms with van der Waals surface area (Å²) in [5.41, 5.74) is 4.80. The summed E-state index contributed by atoms with van der Waals surface area (Å²) in [4.78, 5) is 28.2. The zero-order valence-corrected chi connectivity index (χ0v) is 16.5. The average molecular weight is 363 g/mol. The number of hydrogen-bond acceptors (Lipinski definition) is 4. The highest BCUT2D eigenvalue weighted by Gasteiger charge is 2.39. The molecule has 0 radical (unpaired) electrons. The van der Waals surface area contributed by atoms with Gasteiger partial charge in [0, 0.05) is 44.7 Å². The van der Waals surface area contributed by atoms with Crippen LogP contribution in [0.3, 0.4) is 0 Å². The SMILES string of the molecule is Cc1ccc(-c2ccc3c(c2)C(C)(C)/C(=C\c2c(C)c(=O)c2=O)N3C)s1. The molecule has 4 heteroatoms. The Balaban J connectivity index is 1.84. The van der Waals surface area contributed by atoms with Crippen LogP contribution in [0, 0.1) is 13.8 Å². The van der Waals surface area contributed by atoms with Crippen molar-refractivity contribution in [2.45, 2.75) is 33.1 Å². The quantitative estimate of drug-likeness (QED) is 0.634. The number of allylic oxidation sites excluding steroid dienone is 1. The van der Waals surface area contributed by atoms with E-state index in [0.717, 1.165) is 11.4 Å². The molecule has 3 aromatic rings. The van der Waals surface area contributed by atoms with Crippen LogP contribution in [0.2, 0.25) is 0 Å². The van der Waals surface area contributed by atoms with Gasteiger partial charge in [-0.05, 0) is 55.3 Å². The number of anilines is 1. The summed E-state index contributed by atoms with van der Waals surface area (Å²) in [6.07, 6.45) is 1.90. The first-order valence-corrected chi connectivity index (χ1v) is 9.50. The van der Waals surface area contributed by atoms with Gasteiger partial charge in [-0.15, -0.1) is 11.3 Å². The van der Waals surface area contributed by atoms with Crippen LogP contribution in [0.4, 0.5) is 5.69 Å². The number of hydrogen-bond donors (Lipinski definition) is 0. The minimum Gasteiger partial charge on any atom is -0.347 e. The predicted octanol–water partition coefficient (Wildman–Crippen LogP) is 4.40. The Bertz CT molecular complexity index is 1140. The van der Waals surface area contributed by atoms with Gasteiger partial charge in [0.2, 0.25) is 10.9 Å². The molecule has 0 aliphatic carbocycles. The van der Waals surface area contributed by atoms with Crippen LogP contribution < -0.4 is 15.8 Å². The molecule has 0 spiro atoms. The second-order valence-electron chi connectivity index (χ2n) is 7.55. The summed E-state index contributed by atoms with van der Waals surface area (Å²) in [6, 6.07) is 10.9. The number of benzene rings is 1. The van der Waals surface area contributed by atoms with E-state index in [4.69, 9.17) is 0 Å². The van der Waals surface area contributed by atoms with E-state index in [1.807, 2.05) is 13.1 Å². The smallest absolute Gasteiger partial charge is 0.233 e. The number of rotatable bonds is 2. The molecule has 2 heterocycles. The molecule has 1 aromatic heterocycles. The van der Waals surface area contributed by atoms with Crippen molar-refractivity contribution in [1.29, 1.82) is 0 Å². The molecular weight excluding hydrogens is 342 g/mol. The van der Waals surface area contributed by atoms with Gasteiger partial charge in [0.15, 0.2) is 0 Å². The van der Waals surface area contributed by atoms with E-state index in [9.17, 15) is 9.59 Å². The van der Waals surface area contributed by atoms with Crippen LogP contribution in [0.15, 0.2) is 45.6 Å². The first-order valence-electron chi connectivity index (χ1n) is 8.69. The topological polar surface area (TPSA) is 37.4 Å². The van der Waals surface area contributed by atoms with Gasteiger partial charge in [-0.1, -0.05) is 19.9 Å². The summed E-state index contributed by atoms with van der Waals surface area (Å²) < 4.78 is 0. The second-order valence-corrected chi connectivity index (χ2v) is 8.84. The lowest BCUT2D eigenvalue weighted by Crippen LogP contribution is -2.37. The van der Waals surface area contributed by atoms with Crippen LogP contribution in [0.1, 0.15) is 35.4 Å². The maximum Gasteiger partial charge on any atom is 0.233 e. The first kappa shape index (κ1) is 17.0. The van der Waals surface area contributed by atoms with E-state index < -0.39 is 0 Å². The molecule has 0 N–H and O–H groups in total. The highest BCUT2D eigenvalue weighted by atomic mass is 32.1. The molecule has 0 fully saturated rings. The van der Waals surface area contributed by atoms with Crippen LogP contribution >= 0.6 is 11.3 Å². The van der Waals surface area contributed by atoms with E-state index in [-0.39, 0.29) is 16.3 Å². The van der Waals surface area contributed by atoms with Gasteiger partial charge in [0.25, 0.3) is 0 Å². The zero-order chi connectivity index (χ0) is 18.8. The summed E-state index contributed by atoms with van der Waals surface area (Å²) in [5, 5.41) is 0. The van der Waals surface area contributed by atoms with Crippen molar-refractivity contribution in [2.75, 3.05) is 11.9 Å². The minimum absolute atomic E-state index is 0.238. The Labute approximate surface area is 156 Å². The largest absolute Gasteiger partial charge is 0.347 e. The third kappa shape index (κ3) is 2.25. The maximum atomic E-state index is 11.9. The Kier molecular flexibility index (Phi) is 3.60. The molecule has 3 nitrogen and oxygen atoms in total. The minimum atomic E-state index is -0.370. The van der Waals surface area contributed by atoms with Crippen molar-refractivity contribution >= 4 is 23.1 Å². The van der Waals surface area contributed by atoms with Crippen molar-refractivity contribution in [3.05, 3.63) is 78.0 Å². The molecule has 26 heavy (non-hydrogen) atoms. The normalized spacial score (nSPS) is 17.3. The third-order valence-corrected chi connectivity index (χ3v) is 6.58. The van der Waals surface area contributed by atoms with Crippen LogP contribution in [-0.2, 0) is 5.41 Å². The van der Waals surface area contributed by atoms with Gasteiger partial charge in [0.05, 0.1) is 0 Å². The van der Waals surface area contributed by atoms with Gasteiger partial charge < -0.3 is 4.90 Å². The summed E-state index contributed by atoms with van der Waals surface area (Å²) >= 11 is 1.79. The number of nitrogens with zero attached hydrogens (tertiary/aromatic N) is 1. The van der Waals surface area contributed by atoms with Gasteiger partial charge in [-0.3, -0.25) is 9.59 Å². The summed E-state index contributed by atoms with van der Waals surface area (Å²) in [7, 11) is 2.02. The number of likely N-dealkylation sites (N-methyl/N-ethyl adjacent to an activating group) is 1. The lowest BCUT2D eigenvalue weighted by Gasteiger charge is -2.24. The third-order valence-electron chi connectivity index (χ3n) is 5.53. The van der Waals surface area contributed by atoms with Crippen LogP contribution in [-0.4, -0.2) is 7.05 Å². The molecule has 1 aliphatic rings. The van der Waals surface area contributed by atoms with E-state index in [1.165, 1.54) is 20.9 Å². The molecule has 0 atom stereocenters. The molecule has 4 rings (SSSR count). The molecule has 2 aromatic carbocycles. The van der Waals surface area contributed by atoms with Crippen LogP contribution in [0.25, 0.3) is 16.5 Å². The van der Waals surface area contributed by atoms with Gasteiger partial charge >= 0.3 is 0 Å². The lowest BCUT2D eigenvalue weighted by atomic mass is 9.82. The Hall–Kier alpha value is -2.46. The number of fused-ring (bicyclic) bond motifs is 1. The molecule has 0 saturated carbocycles. The fourth-order valence-corrected chi connectivity index (χ4v) is 4.73. The highest BCUT2D eigenvalue weighted by Crippen LogP contribution is 2.49. The lowest BCUT2D eigenvalue weighted by molar-refractivity contribution is 0.645. The van der Waals surface area contributed by atoms with Crippen molar-refractivity contribution in [1.82, 2.24) is 0 Å². The number of aryl methyl sites for hydroxylation is 1. The van der Waals surface area contributed by atoms with E-state index in [1.54, 1.807) is 18.3 Å². The monoisotopic (exact) mass is 363 g/mol. The average Bonchev–Trinajstić information content (AvgIpc) is 3.13. The fourth-order valence-electron chi connectivity index (χ4n) is 3.87. The van der Waals surface area contributed by atoms with E-state index in [0.29, 0.717) is 11.1 Å². The van der Waals surface area contributed by atoms with E-state index in [2.05, 4.69) is 56.0 Å². The van der Waals surface area contributed by atoms with Gasteiger partial charge in [-0.25, -0.2) is 0 Å². The van der Waals surface area contributed by atoms with Crippen molar-refractivity contribution < 1.29 is 0 Å². The molecule has 1 aliphatic heterocycles. The molecular formula is C22H21NO2S. The molecule has 0 amide bonds. The Morgan fingerprint density at radius 3 is 2.38 bits per heavy atom. The van der Waals surface area contributed by atoms with Gasteiger partial charge in [0.1, 0.15) is 0 Å². The highest BCUT2D eigenvalue weighted by molar-refractivity contribution is 7.15. The summed E-state index contributed by atoms with van der Waals surface area (Å²) in [5.74, 6) is 0. The first-order chi connectivity index (χ1) is 12.2. The van der Waals surface area contributed by atoms with E-state index >= 15 is 0 Å². The Morgan fingerprint density at radius 2 is 1.77 bits per heavy atom. The van der Waals surface area contributed by atoms with Crippen molar-refractivity contribution in [2.24, 2.45) is 0 Å². The standard InChI is InChI=1S/C22H21NO2S/c1-12-6-9-18(26-12)14-7-8-17-16(10-14)22(3,4)19(23(17)5)11-15-13(2)20(24)21(15)25/h6-11H,1-5H3/b19-11+.